The van der Waals surface area contributed by atoms with Crippen LogP contribution in [0.25, 0.3) is 0 Å². The van der Waals surface area contributed by atoms with Gasteiger partial charge in [-0.2, -0.15) is 5.26 Å². The summed E-state index contributed by atoms with van der Waals surface area (Å²) < 4.78 is 5.65. The maximum absolute atomic E-state index is 11.9. The Labute approximate surface area is 122 Å². The van der Waals surface area contributed by atoms with Gasteiger partial charge in [-0.1, -0.05) is 0 Å². The van der Waals surface area contributed by atoms with Gasteiger partial charge in [0.2, 0.25) is 11.6 Å². The molecule has 110 valence electrons. The van der Waals surface area contributed by atoms with Crippen molar-refractivity contribution in [2.75, 3.05) is 13.1 Å². The summed E-state index contributed by atoms with van der Waals surface area (Å²) in [6.45, 7) is 2.50. The first-order valence-corrected chi connectivity index (χ1v) is 6.75. The molecule has 0 bridgehead atoms. The first-order chi connectivity index (χ1) is 10.1. The summed E-state index contributed by atoms with van der Waals surface area (Å²) in [5.41, 5.74) is 0.138. The van der Waals surface area contributed by atoms with Crippen molar-refractivity contribution < 1.29 is 14.3 Å². The Morgan fingerprint density at radius 1 is 1.43 bits per heavy atom. The highest BCUT2D eigenvalue weighted by Crippen LogP contribution is 2.19. The maximum atomic E-state index is 11.9. The molecule has 2 rings (SSSR count). The van der Waals surface area contributed by atoms with Crippen LogP contribution in [-0.4, -0.2) is 45.8 Å². The van der Waals surface area contributed by atoms with E-state index in [9.17, 15) is 9.59 Å². The van der Waals surface area contributed by atoms with E-state index in [1.165, 1.54) is 19.3 Å². The van der Waals surface area contributed by atoms with Crippen molar-refractivity contribution in [1.29, 1.82) is 5.26 Å². The summed E-state index contributed by atoms with van der Waals surface area (Å²) in [6, 6.07) is 1.92. The molecule has 21 heavy (non-hydrogen) atoms. The Hall–Kier alpha value is -2.49. The summed E-state index contributed by atoms with van der Waals surface area (Å²) in [4.78, 5) is 32.3. The molecule has 1 aromatic heterocycles. The predicted octanol–water partition coefficient (Wildman–Crippen LogP) is 0.697. The van der Waals surface area contributed by atoms with Crippen molar-refractivity contribution >= 4 is 11.7 Å². The fraction of sp³-hybridized carbons (Fsp3) is 0.500. The number of hydrogen-bond donors (Lipinski definition) is 0. The van der Waals surface area contributed by atoms with E-state index in [4.69, 9.17) is 10.00 Å². The second-order valence-corrected chi connectivity index (χ2v) is 4.89. The van der Waals surface area contributed by atoms with E-state index in [0.29, 0.717) is 19.5 Å². The van der Waals surface area contributed by atoms with Crippen molar-refractivity contribution in [3.05, 3.63) is 18.1 Å². The van der Waals surface area contributed by atoms with E-state index in [-0.39, 0.29) is 42.2 Å². The van der Waals surface area contributed by atoms with E-state index in [1.54, 1.807) is 4.90 Å². The number of likely N-dealkylation sites (tertiary alicyclic amines) is 1. The van der Waals surface area contributed by atoms with Crippen molar-refractivity contribution in [1.82, 2.24) is 14.9 Å². The molecule has 1 atom stereocenters. The second kappa shape index (κ2) is 6.79. The van der Waals surface area contributed by atoms with Gasteiger partial charge in [-0.15, -0.1) is 0 Å². The lowest BCUT2D eigenvalue weighted by atomic mass is 10.2. The van der Waals surface area contributed by atoms with Gasteiger partial charge < -0.3 is 14.4 Å². The second-order valence-electron chi connectivity index (χ2n) is 4.89. The first-order valence-electron chi connectivity index (χ1n) is 6.75. The smallest absolute Gasteiger partial charge is 0.251 e. The number of nitriles is 1. The number of hydrogen-bond acceptors (Lipinski definition) is 6. The van der Waals surface area contributed by atoms with Crippen LogP contribution >= 0.6 is 0 Å². The molecular formula is C14H16N4O3. The number of amides is 1. The Morgan fingerprint density at radius 2 is 2.19 bits per heavy atom. The van der Waals surface area contributed by atoms with Gasteiger partial charge in [0.05, 0.1) is 6.54 Å². The van der Waals surface area contributed by atoms with Crippen LogP contribution in [0.2, 0.25) is 0 Å². The first kappa shape index (κ1) is 14.9. The molecule has 0 N–H and O–H groups in total. The Balaban J connectivity index is 1.89. The normalized spacial score (nSPS) is 17.3. The van der Waals surface area contributed by atoms with Crippen LogP contribution in [0.4, 0.5) is 0 Å². The lowest BCUT2D eigenvalue weighted by Crippen LogP contribution is -2.31. The molecule has 1 aromatic rings. The molecule has 0 spiro atoms. The number of Topliss-reactive ketones (excluding diaryl/α,β-unsaturated/α-hetero) is 1. The average molecular weight is 288 g/mol. The quantitative estimate of drug-likeness (QED) is 0.791. The zero-order chi connectivity index (χ0) is 15.2. The number of aromatic nitrogens is 2. The Bertz CT molecular complexity index is 582. The molecule has 2 heterocycles. The molecule has 0 aliphatic carbocycles. The van der Waals surface area contributed by atoms with Gasteiger partial charge in [-0.05, 0) is 6.92 Å². The van der Waals surface area contributed by atoms with Crippen LogP contribution in [0.5, 0.6) is 5.88 Å². The Morgan fingerprint density at radius 3 is 2.90 bits per heavy atom. The molecule has 1 unspecified atom stereocenters. The maximum Gasteiger partial charge on any atom is 0.251 e. The van der Waals surface area contributed by atoms with Crippen LogP contribution < -0.4 is 4.74 Å². The lowest BCUT2D eigenvalue weighted by molar-refractivity contribution is -0.132. The highest BCUT2D eigenvalue weighted by atomic mass is 16.5. The third kappa shape index (κ3) is 3.99. The zero-order valence-corrected chi connectivity index (χ0v) is 11.8. The minimum absolute atomic E-state index is 0.00793. The number of nitrogens with zero attached hydrogens (tertiary/aromatic N) is 4. The van der Waals surface area contributed by atoms with Gasteiger partial charge in [0.15, 0.2) is 0 Å². The van der Waals surface area contributed by atoms with Gasteiger partial charge >= 0.3 is 0 Å². The summed E-state index contributed by atoms with van der Waals surface area (Å²) in [7, 11) is 0. The van der Waals surface area contributed by atoms with Crippen LogP contribution in [0, 0.1) is 11.3 Å². The topological polar surface area (TPSA) is 96.2 Å². The molecule has 1 amide bonds. The number of rotatable bonds is 5. The highest BCUT2D eigenvalue weighted by Gasteiger charge is 2.28. The SMILES string of the molecule is CC(=O)CCC(=O)N1CCC(Oc2nccnc2C#N)C1. The molecule has 0 aromatic carbocycles. The number of ketones is 1. The molecule has 7 heteroatoms. The highest BCUT2D eigenvalue weighted by molar-refractivity contribution is 5.83. The van der Waals surface area contributed by atoms with Crippen LogP contribution in [0.15, 0.2) is 12.4 Å². The minimum Gasteiger partial charge on any atom is -0.470 e. The van der Waals surface area contributed by atoms with Gasteiger partial charge in [0, 0.05) is 38.2 Å². The summed E-state index contributed by atoms with van der Waals surface area (Å²) in [5.74, 6) is 0.160. The monoisotopic (exact) mass is 288 g/mol. The zero-order valence-electron chi connectivity index (χ0n) is 11.8. The van der Waals surface area contributed by atoms with E-state index in [2.05, 4.69) is 9.97 Å². The van der Waals surface area contributed by atoms with Gasteiger partial charge in [0.25, 0.3) is 5.88 Å². The van der Waals surface area contributed by atoms with E-state index >= 15 is 0 Å². The van der Waals surface area contributed by atoms with Crippen molar-refractivity contribution in [3.63, 3.8) is 0 Å². The van der Waals surface area contributed by atoms with Crippen molar-refractivity contribution in [3.8, 4) is 11.9 Å². The molecule has 1 saturated heterocycles. The van der Waals surface area contributed by atoms with Crippen LogP contribution in [0.3, 0.4) is 0 Å². The van der Waals surface area contributed by atoms with Crippen LogP contribution in [0.1, 0.15) is 31.9 Å². The fourth-order valence-electron chi connectivity index (χ4n) is 2.14. The van der Waals surface area contributed by atoms with Crippen molar-refractivity contribution in [2.45, 2.75) is 32.3 Å². The molecule has 0 radical (unpaired) electrons. The molecule has 0 saturated carbocycles. The average Bonchev–Trinajstić information content (AvgIpc) is 2.94. The fourth-order valence-corrected chi connectivity index (χ4v) is 2.14. The van der Waals surface area contributed by atoms with Crippen molar-refractivity contribution in [2.24, 2.45) is 0 Å². The van der Waals surface area contributed by atoms with E-state index in [0.717, 1.165) is 0 Å². The number of carbonyl (C=O) groups excluding carboxylic acids is 2. The molecule has 1 fully saturated rings. The van der Waals surface area contributed by atoms with Crippen LogP contribution in [-0.2, 0) is 9.59 Å². The van der Waals surface area contributed by atoms with Gasteiger partial charge in [-0.3, -0.25) is 4.79 Å². The number of ether oxygens (including phenoxy) is 1. The van der Waals surface area contributed by atoms with E-state index < -0.39 is 0 Å². The minimum atomic E-state index is -0.199. The van der Waals surface area contributed by atoms with E-state index in [1.807, 2.05) is 6.07 Å². The standard InChI is InChI=1S/C14H16N4O3/c1-10(19)2-3-13(20)18-7-4-11(9-18)21-14-12(8-15)16-5-6-17-14/h5-6,11H,2-4,7,9H2,1H3. The third-order valence-electron chi connectivity index (χ3n) is 3.24. The summed E-state index contributed by atoms with van der Waals surface area (Å²) >= 11 is 0. The number of carbonyl (C=O) groups is 2. The largest absolute Gasteiger partial charge is 0.470 e. The summed E-state index contributed by atoms with van der Waals surface area (Å²) in [5, 5.41) is 8.93. The van der Waals surface area contributed by atoms with Gasteiger partial charge in [-0.25, -0.2) is 9.97 Å². The lowest BCUT2D eigenvalue weighted by Gasteiger charge is -2.16. The predicted molar refractivity (Wildman–Crippen MR) is 72.3 cm³/mol. The van der Waals surface area contributed by atoms with Gasteiger partial charge in [0.1, 0.15) is 18.0 Å². The molecular weight excluding hydrogens is 272 g/mol. The molecule has 7 nitrogen and oxygen atoms in total. The third-order valence-corrected chi connectivity index (χ3v) is 3.24. The molecule has 1 aliphatic heterocycles. The summed E-state index contributed by atoms with van der Waals surface area (Å²) in [6.07, 6.45) is 3.86. The Kier molecular flexibility index (Phi) is 4.82. The molecule has 1 aliphatic rings.